The highest BCUT2D eigenvalue weighted by Crippen LogP contribution is 2.53. The number of allylic oxidation sites excluding steroid dienone is 2. The Balaban J connectivity index is 1.61. The Morgan fingerprint density at radius 2 is 1.75 bits per heavy atom. The summed E-state index contributed by atoms with van der Waals surface area (Å²) in [5.41, 5.74) is 0.129. The van der Waals surface area contributed by atoms with Gasteiger partial charge in [0.1, 0.15) is 11.8 Å². The molecule has 0 aromatic heterocycles. The number of amides is 2. The van der Waals surface area contributed by atoms with Crippen LogP contribution in [-0.2, 0) is 19.1 Å². The average Bonchev–Trinajstić information content (AvgIpc) is 3.36. The number of fused-ring (bicyclic) bond motifs is 5. The first-order valence-corrected chi connectivity index (χ1v) is 9.15. The van der Waals surface area contributed by atoms with Gasteiger partial charge in [-0.05, 0) is 49.4 Å². The molecule has 2 amide bonds. The van der Waals surface area contributed by atoms with Crippen molar-refractivity contribution in [3.8, 4) is 6.07 Å². The number of rotatable bonds is 4. The molecule has 0 unspecified atom stereocenters. The lowest BCUT2D eigenvalue weighted by molar-refractivity contribution is -0.138. The van der Waals surface area contributed by atoms with Crippen LogP contribution in [0.15, 0.2) is 42.0 Å². The van der Waals surface area contributed by atoms with Gasteiger partial charge in [0.25, 0.3) is 0 Å². The Morgan fingerprint density at radius 1 is 1.18 bits per heavy atom. The van der Waals surface area contributed by atoms with E-state index in [0.29, 0.717) is 5.69 Å². The fourth-order valence-corrected chi connectivity index (χ4v) is 4.47. The summed E-state index contributed by atoms with van der Waals surface area (Å²) in [4.78, 5) is 38.6. The Kier molecular flexibility index (Phi) is 4.27. The molecule has 1 aliphatic heterocycles. The predicted octanol–water partition coefficient (Wildman–Crippen LogP) is 2.35. The van der Waals surface area contributed by atoms with E-state index in [4.69, 9.17) is 10.00 Å². The van der Waals surface area contributed by atoms with E-state index in [1.165, 1.54) is 29.2 Å². The van der Waals surface area contributed by atoms with Gasteiger partial charge in [-0.25, -0.2) is 4.79 Å². The number of ether oxygens (including phenoxy) is 1. The Labute approximate surface area is 161 Å². The average molecular weight is 378 g/mol. The molecule has 1 heterocycles. The first kappa shape index (κ1) is 18.0. The number of anilines is 1. The lowest BCUT2D eigenvalue weighted by Gasteiger charge is -2.17. The van der Waals surface area contributed by atoms with E-state index in [9.17, 15) is 19.5 Å². The molecule has 142 valence electrons. The molecule has 1 saturated carbocycles. The van der Waals surface area contributed by atoms with Crippen LogP contribution in [0.4, 0.5) is 5.69 Å². The van der Waals surface area contributed by atoms with Crippen LogP contribution in [0.25, 0.3) is 5.76 Å². The van der Waals surface area contributed by atoms with Crippen molar-refractivity contribution < 1.29 is 24.2 Å². The zero-order valence-corrected chi connectivity index (χ0v) is 15.2. The maximum absolute atomic E-state index is 12.8. The number of imide groups is 1. The van der Waals surface area contributed by atoms with Crippen molar-refractivity contribution in [1.29, 1.82) is 5.26 Å². The van der Waals surface area contributed by atoms with Gasteiger partial charge in [-0.2, -0.15) is 5.26 Å². The van der Waals surface area contributed by atoms with Gasteiger partial charge >= 0.3 is 5.97 Å². The quantitative estimate of drug-likeness (QED) is 0.215. The third-order valence-electron chi connectivity index (χ3n) is 5.70. The number of hydrogen-bond acceptors (Lipinski definition) is 6. The molecule has 1 aromatic carbocycles. The van der Waals surface area contributed by atoms with E-state index in [1.54, 1.807) is 13.0 Å². The van der Waals surface area contributed by atoms with E-state index >= 15 is 0 Å². The van der Waals surface area contributed by atoms with Gasteiger partial charge in [0.2, 0.25) is 11.8 Å². The number of nitrogens with zero attached hydrogens (tertiary/aromatic N) is 2. The summed E-state index contributed by atoms with van der Waals surface area (Å²) in [6, 6.07) is 7.62. The van der Waals surface area contributed by atoms with Crippen molar-refractivity contribution in [3.63, 3.8) is 0 Å². The van der Waals surface area contributed by atoms with Crippen LogP contribution in [0.2, 0.25) is 0 Å². The summed E-state index contributed by atoms with van der Waals surface area (Å²) < 4.78 is 4.76. The largest absolute Gasteiger partial charge is 0.506 e. The molecule has 1 N–H and O–H groups in total. The molecular formula is C21H18N2O5. The summed E-state index contributed by atoms with van der Waals surface area (Å²) in [5.74, 6) is -2.12. The van der Waals surface area contributed by atoms with Gasteiger partial charge in [-0.1, -0.05) is 12.2 Å². The van der Waals surface area contributed by atoms with E-state index in [2.05, 4.69) is 0 Å². The molecule has 28 heavy (non-hydrogen) atoms. The number of aliphatic hydroxyl groups excluding tert-OH is 1. The first-order valence-electron chi connectivity index (χ1n) is 9.15. The molecule has 4 atom stereocenters. The lowest BCUT2D eigenvalue weighted by atomic mass is 9.85. The number of benzene rings is 1. The van der Waals surface area contributed by atoms with Crippen molar-refractivity contribution in [2.75, 3.05) is 11.5 Å². The van der Waals surface area contributed by atoms with Crippen LogP contribution in [0.5, 0.6) is 0 Å². The van der Waals surface area contributed by atoms with Gasteiger partial charge in [0.15, 0.2) is 5.57 Å². The summed E-state index contributed by atoms with van der Waals surface area (Å²) in [5, 5.41) is 19.4. The molecule has 1 aromatic rings. The molecule has 2 bridgehead atoms. The number of aliphatic hydroxyl groups is 1. The minimum atomic E-state index is -0.910. The molecule has 2 fully saturated rings. The highest BCUT2D eigenvalue weighted by atomic mass is 16.5. The van der Waals surface area contributed by atoms with E-state index in [0.717, 1.165) is 6.42 Å². The van der Waals surface area contributed by atoms with Crippen LogP contribution in [0.1, 0.15) is 18.9 Å². The number of esters is 1. The van der Waals surface area contributed by atoms with Crippen molar-refractivity contribution in [1.82, 2.24) is 0 Å². The van der Waals surface area contributed by atoms with Gasteiger partial charge in [-0.15, -0.1) is 0 Å². The molecule has 0 spiro atoms. The number of carbonyl (C=O) groups excluding carboxylic acids is 3. The molecule has 7 nitrogen and oxygen atoms in total. The maximum atomic E-state index is 12.8. The zero-order chi connectivity index (χ0) is 20.0. The molecule has 2 aliphatic carbocycles. The Morgan fingerprint density at radius 3 is 2.25 bits per heavy atom. The van der Waals surface area contributed by atoms with E-state index in [1.807, 2.05) is 12.2 Å². The number of hydrogen-bond donors (Lipinski definition) is 1. The monoisotopic (exact) mass is 378 g/mol. The highest BCUT2D eigenvalue weighted by Gasteiger charge is 2.59. The minimum Gasteiger partial charge on any atom is -0.506 e. The van der Waals surface area contributed by atoms with E-state index < -0.39 is 17.3 Å². The van der Waals surface area contributed by atoms with Gasteiger partial charge in [0.05, 0.1) is 24.1 Å². The summed E-state index contributed by atoms with van der Waals surface area (Å²) in [7, 11) is 0. The first-order chi connectivity index (χ1) is 13.5. The van der Waals surface area contributed by atoms with Gasteiger partial charge in [-0.3, -0.25) is 14.5 Å². The fourth-order valence-electron chi connectivity index (χ4n) is 4.47. The molecular weight excluding hydrogens is 360 g/mol. The van der Waals surface area contributed by atoms with Gasteiger partial charge in [0, 0.05) is 5.56 Å². The van der Waals surface area contributed by atoms with Crippen LogP contribution < -0.4 is 4.90 Å². The van der Waals surface area contributed by atoms with Crippen LogP contribution in [-0.4, -0.2) is 29.5 Å². The predicted molar refractivity (Wildman–Crippen MR) is 98.4 cm³/mol. The Bertz CT molecular complexity index is 940. The molecule has 1 saturated heterocycles. The van der Waals surface area contributed by atoms with Crippen molar-refractivity contribution in [2.45, 2.75) is 13.3 Å². The third kappa shape index (κ3) is 2.53. The van der Waals surface area contributed by atoms with Crippen LogP contribution in [0, 0.1) is 35.0 Å². The topological polar surface area (TPSA) is 108 Å². The maximum Gasteiger partial charge on any atom is 0.352 e. The smallest absolute Gasteiger partial charge is 0.352 e. The van der Waals surface area contributed by atoms with Gasteiger partial charge < -0.3 is 9.84 Å². The van der Waals surface area contributed by atoms with Crippen LogP contribution >= 0.6 is 0 Å². The second-order valence-corrected chi connectivity index (χ2v) is 7.11. The molecule has 3 aliphatic rings. The molecule has 7 heteroatoms. The second-order valence-electron chi connectivity index (χ2n) is 7.11. The lowest BCUT2D eigenvalue weighted by Crippen LogP contribution is -2.32. The van der Waals surface area contributed by atoms with Crippen molar-refractivity contribution in [2.24, 2.45) is 23.7 Å². The van der Waals surface area contributed by atoms with Crippen molar-refractivity contribution >= 4 is 29.2 Å². The standard InChI is InChI=1S/C21H18N2O5/c1-2-28-21(27)15(10-22)18(24)11-5-7-14(8-6-11)23-19(25)16-12-3-4-13(9-12)17(16)20(23)26/h3-8,12-13,16-17,24H,2,9H2,1H3/b18-15+/t12-,13-,16-,17-/m0/s1. The second kappa shape index (κ2) is 6.64. The highest BCUT2D eigenvalue weighted by molar-refractivity contribution is 6.22. The third-order valence-corrected chi connectivity index (χ3v) is 5.70. The Hall–Kier alpha value is -3.40. The van der Waals surface area contributed by atoms with Crippen molar-refractivity contribution in [3.05, 3.63) is 47.6 Å². The summed E-state index contributed by atoms with van der Waals surface area (Å²) in [6.45, 7) is 1.68. The fraction of sp³-hybridized carbons (Fsp3) is 0.333. The summed E-state index contributed by atoms with van der Waals surface area (Å²) in [6.07, 6.45) is 4.93. The zero-order valence-electron chi connectivity index (χ0n) is 15.2. The molecule has 4 rings (SSSR count). The SMILES string of the molecule is CCOC(=O)/C(C#N)=C(/O)c1ccc(N2C(=O)[C@@H]3[C@@H](C2=O)[C@H]2C=C[C@H]3C2)cc1. The van der Waals surface area contributed by atoms with E-state index in [-0.39, 0.29) is 47.7 Å². The molecule has 0 radical (unpaired) electrons. The number of nitriles is 1. The van der Waals surface area contributed by atoms with Crippen LogP contribution in [0.3, 0.4) is 0 Å². The number of carbonyl (C=O) groups is 3. The normalized spacial score (nSPS) is 28.2. The summed E-state index contributed by atoms with van der Waals surface area (Å²) >= 11 is 0. The minimum absolute atomic E-state index is 0.0780.